The Morgan fingerprint density at radius 2 is 1.70 bits per heavy atom. The van der Waals surface area contributed by atoms with Crippen molar-refractivity contribution in [1.29, 1.82) is 0 Å². The van der Waals surface area contributed by atoms with Gasteiger partial charge in [-0.3, -0.25) is 9.59 Å². The molecule has 3 amide bonds. The summed E-state index contributed by atoms with van der Waals surface area (Å²) in [5.74, 6) is 1.44. The molecule has 2 fully saturated rings. The minimum Gasteiger partial charge on any atom is -0.450 e. The number of fused-ring (bicyclic) bond motifs is 1. The summed E-state index contributed by atoms with van der Waals surface area (Å²) in [5, 5.41) is 6.92. The summed E-state index contributed by atoms with van der Waals surface area (Å²) in [5.41, 5.74) is 2.75. The highest BCUT2D eigenvalue weighted by Crippen LogP contribution is 2.28. The zero-order valence-electron chi connectivity index (χ0n) is 22.2. The third kappa shape index (κ3) is 7.11. The van der Waals surface area contributed by atoms with Crippen LogP contribution in [0.5, 0.6) is 0 Å². The normalized spacial score (nSPS) is 17.1. The molecule has 2 N–H and O–H groups in total. The average molecular weight is 510 g/mol. The minimum absolute atomic E-state index is 0.00966. The van der Waals surface area contributed by atoms with Crippen molar-refractivity contribution in [2.45, 2.75) is 65.3 Å². The van der Waals surface area contributed by atoms with Gasteiger partial charge in [-0.05, 0) is 75.3 Å². The highest BCUT2D eigenvalue weighted by Gasteiger charge is 2.24. The van der Waals surface area contributed by atoms with Crippen LogP contribution in [0.1, 0.15) is 57.9 Å². The predicted molar refractivity (Wildman–Crippen MR) is 145 cm³/mol. The Morgan fingerprint density at radius 3 is 2.41 bits per heavy atom. The number of aromatic nitrogens is 1. The molecule has 0 spiro atoms. The first-order valence-corrected chi connectivity index (χ1v) is 13.5. The number of nitrogens with one attached hydrogen (secondary N) is 2. The Hall–Kier alpha value is -3.36. The van der Waals surface area contributed by atoms with Gasteiger partial charge in [-0.2, -0.15) is 0 Å². The van der Waals surface area contributed by atoms with Gasteiger partial charge in [0, 0.05) is 56.1 Å². The number of hydrogen-bond donors (Lipinski definition) is 2. The largest absolute Gasteiger partial charge is 0.450 e. The molecule has 2 aliphatic heterocycles. The van der Waals surface area contributed by atoms with Gasteiger partial charge in [0.2, 0.25) is 11.8 Å². The second kappa shape index (κ2) is 12.3. The van der Waals surface area contributed by atoms with Gasteiger partial charge in [-0.1, -0.05) is 6.92 Å². The Bertz CT molecular complexity index is 1120. The standard InChI is InChI=1S/C28H39N5O4/c1-4-37-28(36)33-15-11-21(12-16-33)29-26(34)7-8-27(35)30-22-5-6-24-23(18-22)20(3)17-25(31-24)32-13-9-19(2)10-14-32/h5-6,17-19,21H,4,7-16H2,1-3H3,(H,29,34)(H,30,35). The monoisotopic (exact) mass is 509 g/mol. The highest BCUT2D eigenvalue weighted by atomic mass is 16.6. The first-order chi connectivity index (χ1) is 17.8. The van der Waals surface area contributed by atoms with Crippen LogP contribution >= 0.6 is 0 Å². The molecular formula is C28H39N5O4. The van der Waals surface area contributed by atoms with Gasteiger partial charge >= 0.3 is 6.09 Å². The van der Waals surface area contributed by atoms with Crippen molar-refractivity contribution in [2.75, 3.05) is 43.0 Å². The smallest absolute Gasteiger partial charge is 0.409 e. The summed E-state index contributed by atoms with van der Waals surface area (Å²) < 4.78 is 5.02. The van der Waals surface area contributed by atoms with Crippen LogP contribution in [0, 0.1) is 12.8 Å². The van der Waals surface area contributed by atoms with E-state index >= 15 is 0 Å². The lowest BCUT2D eigenvalue weighted by atomic mass is 9.99. The second-order valence-electron chi connectivity index (χ2n) is 10.3. The lowest BCUT2D eigenvalue weighted by molar-refractivity contribution is -0.125. The maximum absolute atomic E-state index is 12.5. The molecule has 2 aromatic rings. The van der Waals surface area contributed by atoms with Gasteiger partial charge in [-0.15, -0.1) is 0 Å². The fraction of sp³-hybridized carbons (Fsp3) is 0.571. The van der Waals surface area contributed by atoms with E-state index in [2.05, 4.69) is 35.4 Å². The number of benzene rings is 1. The van der Waals surface area contributed by atoms with Gasteiger partial charge in [-0.25, -0.2) is 9.78 Å². The van der Waals surface area contributed by atoms with Crippen LogP contribution in [0.2, 0.25) is 0 Å². The number of pyridine rings is 1. The van der Waals surface area contributed by atoms with Crippen molar-refractivity contribution >= 4 is 40.3 Å². The van der Waals surface area contributed by atoms with E-state index in [0.29, 0.717) is 38.2 Å². The van der Waals surface area contributed by atoms with Crippen LogP contribution in [-0.4, -0.2) is 66.6 Å². The molecule has 3 heterocycles. The Kier molecular flexibility index (Phi) is 8.84. The predicted octanol–water partition coefficient (Wildman–Crippen LogP) is 4.24. The van der Waals surface area contributed by atoms with E-state index in [1.54, 1.807) is 11.8 Å². The summed E-state index contributed by atoms with van der Waals surface area (Å²) in [6, 6.07) is 7.91. The first-order valence-electron chi connectivity index (χ1n) is 13.5. The van der Waals surface area contributed by atoms with E-state index in [4.69, 9.17) is 9.72 Å². The molecule has 0 atom stereocenters. The Morgan fingerprint density at radius 1 is 1.00 bits per heavy atom. The zero-order valence-corrected chi connectivity index (χ0v) is 22.2. The lowest BCUT2D eigenvalue weighted by Gasteiger charge is -2.31. The molecule has 9 heteroatoms. The molecular weight excluding hydrogens is 470 g/mol. The third-order valence-electron chi connectivity index (χ3n) is 7.36. The summed E-state index contributed by atoms with van der Waals surface area (Å²) >= 11 is 0. The van der Waals surface area contributed by atoms with Gasteiger partial charge in [0.25, 0.3) is 0 Å². The number of nitrogens with zero attached hydrogens (tertiary/aromatic N) is 3. The van der Waals surface area contributed by atoms with E-state index in [1.165, 1.54) is 12.8 Å². The van der Waals surface area contributed by atoms with Crippen LogP contribution in [0.15, 0.2) is 24.3 Å². The number of hydrogen-bond acceptors (Lipinski definition) is 6. The van der Waals surface area contributed by atoms with Gasteiger partial charge < -0.3 is 25.2 Å². The molecule has 0 bridgehead atoms. The van der Waals surface area contributed by atoms with Crippen molar-refractivity contribution in [3.05, 3.63) is 29.8 Å². The molecule has 0 unspecified atom stereocenters. The van der Waals surface area contributed by atoms with Crippen LogP contribution in [-0.2, 0) is 14.3 Å². The number of rotatable bonds is 7. The van der Waals surface area contributed by atoms with E-state index in [1.807, 2.05) is 18.2 Å². The van der Waals surface area contributed by atoms with Crippen LogP contribution < -0.4 is 15.5 Å². The fourth-order valence-corrected chi connectivity index (χ4v) is 5.03. The number of carbonyl (C=O) groups excluding carboxylic acids is 3. The zero-order chi connectivity index (χ0) is 26.4. The second-order valence-corrected chi connectivity index (χ2v) is 10.3. The Labute approximate surface area is 218 Å². The molecule has 1 aromatic heterocycles. The number of ether oxygens (including phenoxy) is 1. The molecule has 4 rings (SSSR count). The third-order valence-corrected chi connectivity index (χ3v) is 7.36. The molecule has 0 saturated carbocycles. The van der Waals surface area contributed by atoms with Crippen LogP contribution in [0.25, 0.3) is 10.9 Å². The maximum atomic E-state index is 12.5. The summed E-state index contributed by atoms with van der Waals surface area (Å²) in [7, 11) is 0. The summed E-state index contributed by atoms with van der Waals surface area (Å²) in [6.07, 6.45) is 3.66. The highest BCUT2D eigenvalue weighted by molar-refractivity contribution is 5.96. The van der Waals surface area contributed by atoms with E-state index < -0.39 is 0 Å². The van der Waals surface area contributed by atoms with Gasteiger partial charge in [0.1, 0.15) is 5.82 Å². The molecule has 0 radical (unpaired) electrons. The molecule has 0 aliphatic carbocycles. The van der Waals surface area contributed by atoms with Gasteiger partial charge in [0.05, 0.1) is 12.1 Å². The topological polar surface area (TPSA) is 104 Å². The fourth-order valence-electron chi connectivity index (χ4n) is 5.03. The number of piperidine rings is 2. The number of likely N-dealkylation sites (tertiary alicyclic amines) is 1. The molecule has 1 aromatic carbocycles. The Balaban J connectivity index is 1.25. The number of aryl methyl sites for hydroxylation is 1. The average Bonchev–Trinajstić information content (AvgIpc) is 2.89. The minimum atomic E-state index is -0.305. The number of amides is 3. The first kappa shape index (κ1) is 26.7. The van der Waals surface area contributed by atoms with E-state index in [0.717, 1.165) is 41.3 Å². The molecule has 9 nitrogen and oxygen atoms in total. The molecule has 2 saturated heterocycles. The maximum Gasteiger partial charge on any atom is 0.409 e. The lowest BCUT2D eigenvalue weighted by Crippen LogP contribution is -2.46. The summed E-state index contributed by atoms with van der Waals surface area (Å²) in [4.78, 5) is 45.6. The van der Waals surface area contributed by atoms with Crippen molar-refractivity contribution in [1.82, 2.24) is 15.2 Å². The van der Waals surface area contributed by atoms with Gasteiger partial charge in [0.15, 0.2) is 0 Å². The number of anilines is 2. The van der Waals surface area contributed by atoms with Crippen molar-refractivity contribution in [3.63, 3.8) is 0 Å². The molecule has 200 valence electrons. The van der Waals surface area contributed by atoms with E-state index in [9.17, 15) is 14.4 Å². The molecule has 37 heavy (non-hydrogen) atoms. The van der Waals surface area contributed by atoms with Crippen molar-refractivity contribution < 1.29 is 19.1 Å². The quantitative estimate of drug-likeness (QED) is 0.579. The SMILES string of the molecule is CCOC(=O)N1CCC(NC(=O)CCC(=O)Nc2ccc3nc(N4CCC(C)CC4)cc(C)c3c2)CC1. The van der Waals surface area contributed by atoms with Crippen molar-refractivity contribution in [3.8, 4) is 0 Å². The van der Waals surface area contributed by atoms with Crippen LogP contribution in [0.3, 0.4) is 0 Å². The molecule has 2 aliphatic rings. The van der Waals surface area contributed by atoms with E-state index in [-0.39, 0.29) is 36.8 Å². The van der Waals surface area contributed by atoms with Crippen LogP contribution in [0.4, 0.5) is 16.3 Å². The summed E-state index contributed by atoms with van der Waals surface area (Å²) in [6.45, 7) is 9.70. The van der Waals surface area contributed by atoms with Crippen molar-refractivity contribution in [2.24, 2.45) is 5.92 Å². The number of carbonyl (C=O) groups is 3.